The molecule has 2 fully saturated rings. The lowest BCUT2D eigenvalue weighted by Crippen LogP contribution is -2.52. The minimum absolute atomic E-state index is 0.130. The van der Waals surface area contributed by atoms with Crippen molar-refractivity contribution in [3.63, 3.8) is 0 Å². The Kier molecular flexibility index (Phi) is 6.44. The van der Waals surface area contributed by atoms with E-state index in [9.17, 15) is 14.9 Å². The highest BCUT2D eigenvalue weighted by molar-refractivity contribution is 5.78. The summed E-state index contributed by atoms with van der Waals surface area (Å²) >= 11 is 0. The number of nitrogens with zero attached hydrogens (tertiary/aromatic N) is 4. The molecule has 0 N–H and O–H groups in total. The van der Waals surface area contributed by atoms with Gasteiger partial charge in [-0.15, -0.1) is 0 Å². The molecule has 2 heterocycles. The summed E-state index contributed by atoms with van der Waals surface area (Å²) in [5.41, 5.74) is 1.11. The topological polar surface area (TPSA) is 69.9 Å². The van der Waals surface area contributed by atoms with E-state index < -0.39 is 0 Å². The maximum absolute atomic E-state index is 12.6. The molecule has 0 unspecified atom stereocenters. The molecule has 0 aliphatic carbocycles. The zero-order chi connectivity index (χ0) is 19.4. The van der Waals surface area contributed by atoms with Crippen molar-refractivity contribution in [1.29, 1.82) is 0 Å². The number of benzene rings is 1. The Labute approximate surface area is 161 Å². The van der Waals surface area contributed by atoms with E-state index in [1.807, 2.05) is 11.0 Å². The van der Waals surface area contributed by atoms with Crippen molar-refractivity contribution < 1.29 is 9.72 Å². The van der Waals surface area contributed by atoms with E-state index in [4.69, 9.17) is 0 Å². The number of non-ortho nitro benzene ring substituents is 1. The molecule has 1 aromatic rings. The van der Waals surface area contributed by atoms with Crippen molar-refractivity contribution in [3.05, 3.63) is 39.9 Å². The van der Waals surface area contributed by atoms with Gasteiger partial charge in [0.2, 0.25) is 5.91 Å². The van der Waals surface area contributed by atoms with E-state index in [0.717, 1.165) is 51.1 Å². The van der Waals surface area contributed by atoms with E-state index in [-0.39, 0.29) is 22.6 Å². The van der Waals surface area contributed by atoms with Gasteiger partial charge in [-0.25, -0.2) is 0 Å². The Morgan fingerprint density at radius 1 is 1.22 bits per heavy atom. The molecule has 0 spiro atoms. The average molecular weight is 374 g/mol. The number of piperazine rings is 1. The smallest absolute Gasteiger partial charge is 0.269 e. The zero-order valence-corrected chi connectivity index (χ0v) is 16.3. The zero-order valence-electron chi connectivity index (χ0n) is 16.3. The van der Waals surface area contributed by atoms with E-state index in [1.165, 1.54) is 12.5 Å². The predicted octanol–water partition coefficient (Wildman–Crippen LogP) is 2.67. The monoisotopic (exact) mass is 374 g/mol. The maximum Gasteiger partial charge on any atom is 0.269 e. The first-order chi connectivity index (χ1) is 13.0. The lowest BCUT2D eigenvalue weighted by Gasteiger charge is -2.39. The summed E-state index contributed by atoms with van der Waals surface area (Å²) in [5, 5.41) is 11.0. The second-order valence-corrected chi connectivity index (χ2v) is 7.77. The number of likely N-dealkylation sites (tertiary alicyclic amines) is 1. The van der Waals surface area contributed by atoms with Crippen LogP contribution in [0.3, 0.4) is 0 Å². The molecule has 1 amide bonds. The number of amides is 1. The highest BCUT2D eigenvalue weighted by atomic mass is 16.6. The van der Waals surface area contributed by atoms with Crippen LogP contribution in [0.2, 0.25) is 0 Å². The van der Waals surface area contributed by atoms with Crippen LogP contribution in [0.4, 0.5) is 5.69 Å². The molecule has 7 heteroatoms. The van der Waals surface area contributed by atoms with Crippen molar-refractivity contribution in [1.82, 2.24) is 14.7 Å². The third-order valence-corrected chi connectivity index (χ3v) is 6.00. The molecule has 3 rings (SSSR count). The first kappa shape index (κ1) is 19.8. The summed E-state index contributed by atoms with van der Waals surface area (Å²) in [6.07, 6.45) is 3.45. The van der Waals surface area contributed by atoms with Crippen molar-refractivity contribution in [2.24, 2.45) is 0 Å². The second kappa shape index (κ2) is 8.80. The van der Waals surface area contributed by atoms with Crippen molar-refractivity contribution >= 4 is 11.6 Å². The van der Waals surface area contributed by atoms with Crippen LogP contribution < -0.4 is 0 Å². The normalized spacial score (nSPS) is 23.2. The molecular weight excluding hydrogens is 344 g/mol. The van der Waals surface area contributed by atoms with E-state index in [1.54, 1.807) is 12.1 Å². The molecule has 2 atom stereocenters. The molecule has 0 bridgehead atoms. The van der Waals surface area contributed by atoms with Gasteiger partial charge < -0.3 is 4.90 Å². The minimum Gasteiger partial charge on any atom is -0.339 e. The highest BCUT2D eigenvalue weighted by Gasteiger charge is 2.27. The average Bonchev–Trinajstić information content (AvgIpc) is 2.68. The molecule has 7 nitrogen and oxygen atoms in total. The standard InChI is InChI=1S/C20H30N4O3/c1-16-6-3-4-9-23(16)20(25)15-21-10-12-22(13-11-21)17(2)18-7-5-8-19(14-18)24(26)27/h5,7-8,14,16-17H,3-4,6,9-13,15H2,1-2H3/t16-,17-/m1/s1. The summed E-state index contributed by atoms with van der Waals surface area (Å²) in [7, 11) is 0. The highest BCUT2D eigenvalue weighted by Crippen LogP contribution is 2.25. The number of hydrogen-bond donors (Lipinski definition) is 0. The second-order valence-electron chi connectivity index (χ2n) is 7.77. The SMILES string of the molecule is C[C@H](c1cccc([N+](=O)[O-])c1)N1CCN(CC(=O)N2CCCC[C@H]2C)CC1. The fraction of sp³-hybridized carbons (Fsp3) is 0.650. The number of carbonyl (C=O) groups is 1. The van der Waals surface area contributed by atoms with Gasteiger partial charge in [0.25, 0.3) is 5.69 Å². The first-order valence-electron chi connectivity index (χ1n) is 9.96. The summed E-state index contributed by atoms with van der Waals surface area (Å²) in [4.78, 5) is 29.9. The Morgan fingerprint density at radius 3 is 2.63 bits per heavy atom. The molecular formula is C20H30N4O3. The number of nitro benzene ring substituents is 1. The van der Waals surface area contributed by atoms with Crippen molar-refractivity contribution in [2.45, 2.75) is 45.2 Å². The van der Waals surface area contributed by atoms with Crippen LogP contribution in [-0.2, 0) is 4.79 Å². The van der Waals surface area contributed by atoms with Crippen LogP contribution in [0.1, 0.15) is 44.7 Å². The van der Waals surface area contributed by atoms with Gasteiger partial charge in [-0.05, 0) is 38.7 Å². The summed E-state index contributed by atoms with van der Waals surface area (Å²) < 4.78 is 0. The summed E-state index contributed by atoms with van der Waals surface area (Å²) in [5.74, 6) is 0.252. The number of piperidine rings is 1. The van der Waals surface area contributed by atoms with Gasteiger partial charge in [-0.1, -0.05) is 12.1 Å². The lowest BCUT2D eigenvalue weighted by atomic mass is 10.0. The van der Waals surface area contributed by atoms with Gasteiger partial charge in [-0.2, -0.15) is 0 Å². The molecule has 0 radical (unpaired) electrons. The quantitative estimate of drug-likeness (QED) is 0.585. The van der Waals surface area contributed by atoms with Gasteiger partial charge in [-0.3, -0.25) is 24.7 Å². The maximum atomic E-state index is 12.6. The van der Waals surface area contributed by atoms with Crippen LogP contribution >= 0.6 is 0 Å². The minimum atomic E-state index is -0.346. The number of rotatable bonds is 5. The predicted molar refractivity (Wildman–Crippen MR) is 105 cm³/mol. The fourth-order valence-corrected chi connectivity index (χ4v) is 4.17. The molecule has 2 saturated heterocycles. The molecule has 1 aromatic carbocycles. The lowest BCUT2D eigenvalue weighted by molar-refractivity contribution is -0.385. The van der Waals surface area contributed by atoms with Crippen LogP contribution in [0.5, 0.6) is 0 Å². The first-order valence-corrected chi connectivity index (χ1v) is 9.96. The van der Waals surface area contributed by atoms with Crippen molar-refractivity contribution in [2.75, 3.05) is 39.3 Å². The van der Waals surface area contributed by atoms with Gasteiger partial charge in [0.1, 0.15) is 0 Å². The van der Waals surface area contributed by atoms with E-state index in [0.29, 0.717) is 12.6 Å². The number of hydrogen-bond acceptors (Lipinski definition) is 5. The molecule has 148 valence electrons. The Morgan fingerprint density at radius 2 is 1.96 bits per heavy atom. The number of nitro groups is 1. The van der Waals surface area contributed by atoms with Crippen LogP contribution in [0, 0.1) is 10.1 Å². The van der Waals surface area contributed by atoms with Gasteiger partial charge in [0.05, 0.1) is 11.5 Å². The Balaban J connectivity index is 1.51. The molecule has 0 aromatic heterocycles. The van der Waals surface area contributed by atoms with Crippen LogP contribution in [0.25, 0.3) is 0 Å². The molecule has 2 aliphatic rings. The summed E-state index contributed by atoms with van der Waals surface area (Å²) in [6, 6.07) is 7.38. The Hall–Kier alpha value is -1.99. The molecule has 2 aliphatic heterocycles. The third kappa shape index (κ3) is 4.84. The fourth-order valence-electron chi connectivity index (χ4n) is 4.17. The van der Waals surface area contributed by atoms with Crippen LogP contribution in [-0.4, -0.2) is 70.8 Å². The van der Waals surface area contributed by atoms with E-state index in [2.05, 4.69) is 23.6 Å². The van der Waals surface area contributed by atoms with Gasteiger partial charge >= 0.3 is 0 Å². The van der Waals surface area contributed by atoms with Gasteiger partial charge in [0.15, 0.2) is 0 Å². The number of carbonyl (C=O) groups excluding carboxylic acids is 1. The van der Waals surface area contributed by atoms with Crippen molar-refractivity contribution in [3.8, 4) is 0 Å². The Bertz CT molecular complexity index is 673. The third-order valence-electron chi connectivity index (χ3n) is 6.00. The largest absolute Gasteiger partial charge is 0.339 e. The molecule has 0 saturated carbocycles. The van der Waals surface area contributed by atoms with E-state index >= 15 is 0 Å². The van der Waals surface area contributed by atoms with Crippen LogP contribution in [0.15, 0.2) is 24.3 Å². The molecule has 27 heavy (non-hydrogen) atoms. The summed E-state index contributed by atoms with van der Waals surface area (Å²) in [6.45, 7) is 9.08. The van der Waals surface area contributed by atoms with Gasteiger partial charge in [0, 0.05) is 56.9 Å².